The number of rotatable bonds is 5. The Morgan fingerprint density at radius 1 is 1.29 bits per heavy atom. The second-order valence-corrected chi connectivity index (χ2v) is 6.53. The fraction of sp³-hybridized carbons (Fsp3) is 0.316. The number of ether oxygens (including phenoxy) is 1. The lowest BCUT2D eigenvalue weighted by Crippen LogP contribution is -2.38. The molecule has 0 unspecified atom stereocenters. The van der Waals surface area contributed by atoms with Gasteiger partial charge in [0.05, 0.1) is 19.2 Å². The Labute approximate surface area is 147 Å². The molecule has 0 aromatic heterocycles. The van der Waals surface area contributed by atoms with Crippen molar-refractivity contribution < 1.29 is 9.53 Å². The van der Waals surface area contributed by atoms with Gasteiger partial charge in [0, 0.05) is 23.6 Å². The maximum atomic E-state index is 12.4. The van der Waals surface area contributed by atoms with Crippen molar-refractivity contribution in [1.29, 1.82) is 0 Å². The molecule has 1 aliphatic rings. The van der Waals surface area contributed by atoms with Crippen LogP contribution in [0.2, 0.25) is 5.02 Å². The van der Waals surface area contributed by atoms with E-state index in [1.54, 1.807) is 0 Å². The number of nitrogens with one attached hydrogen (secondary N) is 1. The summed E-state index contributed by atoms with van der Waals surface area (Å²) in [5.74, 6) is 0.877. The number of amides is 1. The van der Waals surface area contributed by atoms with E-state index in [0.29, 0.717) is 24.7 Å². The summed E-state index contributed by atoms with van der Waals surface area (Å²) in [5, 5.41) is 3.83. The summed E-state index contributed by atoms with van der Waals surface area (Å²) in [5.41, 5.74) is 2.14. The van der Waals surface area contributed by atoms with Crippen LogP contribution in [0.25, 0.3) is 0 Å². The molecule has 1 amide bonds. The minimum Gasteiger partial charge on any atom is -0.493 e. The Kier molecular flexibility index (Phi) is 5.38. The Bertz CT molecular complexity index is 720. The van der Waals surface area contributed by atoms with Gasteiger partial charge in [-0.05, 0) is 30.8 Å². The predicted octanol–water partition coefficient (Wildman–Crippen LogP) is 3.41. The molecule has 24 heavy (non-hydrogen) atoms. The molecule has 2 aromatic rings. The topological polar surface area (TPSA) is 41.6 Å². The van der Waals surface area contributed by atoms with Gasteiger partial charge in [0.2, 0.25) is 5.91 Å². The van der Waals surface area contributed by atoms with Crippen molar-refractivity contribution in [2.24, 2.45) is 0 Å². The average molecular weight is 345 g/mol. The van der Waals surface area contributed by atoms with Gasteiger partial charge in [0.25, 0.3) is 0 Å². The van der Waals surface area contributed by atoms with Crippen molar-refractivity contribution >= 4 is 17.5 Å². The molecule has 0 aliphatic carbocycles. The first-order valence-corrected chi connectivity index (χ1v) is 8.43. The van der Waals surface area contributed by atoms with Gasteiger partial charge in [0.1, 0.15) is 5.75 Å². The molecule has 0 radical (unpaired) electrons. The number of para-hydroxylation sites is 1. The summed E-state index contributed by atoms with van der Waals surface area (Å²) in [6, 6.07) is 15.6. The molecular weight excluding hydrogens is 324 g/mol. The van der Waals surface area contributed by atoms with Gasteiger partial charge >= 0.3 is 0 Å². The van der Waals surface area contributed by atoms with Crippen molar-refractivity contribution in [2.75, 3.05) is 20.2 Å². The Morgan fingerprint density at radius 3 is 2.96 bits per heavy atom. The van der Waals surface area contributed by atoms with Crippen molar-refractivity contribution in [2.45, 2.75) is 19.0 Å². The third kappa shape index (κ3) is 4.28. The first-order valence-electron chi connectivity index (χ1n) is 8.06. The number of nitrogens with zero attached hydrogens (tertiary/aromatic N) is 1. The highest BCUT2D eigenvalue weighted by Gasteiger charge is 2.22. The molecule has 0 saturated carbocycles. The Balaban J connectivity index is 1.56. The number of halogens is 1. The Hall–Kier alpha value is -2.04. The summed E-state index contributed by atoms with van der Waals surface area (Å²) in [7, 11) is 1.93. The minimum atomic E-state index is 0.0150. The smallest absolute Gasteiger partial charge is 0.234 e. The number of benzene rings is 2. The second-order valence-electron chi connectivity index (χ2n) is 6.10. The van der Waals surface area contributed by atoms with E-state index >= 15 is 0 Å². The third-order valence-corrected chi connectivity index (χ3v) is 4.28. The lowest BCUT2D eigenvalue weighted by atomic mass is 10.0. The van der Waals surface area contributed by atoms with Crippen LogP contribution < -0.4 is 10.1 Å². The molecule has 0 saturated heterocycles. The summed E-state index contributed by atoms with van der Waals surface area (Å²) in [6.45, 7) is 1.64. The van der Waals surface area contributed by atoms with Gasteiger partial charge in [-0.15, -0.1) is 0 Å². The Morgan fingerprint density at radius 2 is 2.12 bits per heavy atom. The summed E-state index contributed by atoms with van der Waals surface area (Å²) in [4.78, 5) is 14.3. The highest BCUT2D eigenvalue weighted by atomic mass is 35.5. The van der Waals surface area contributed by atoms with Crippen LogP contribution in [0.3, 0.4) is 0 Å². The van der Waals surface area contributed by atoms with Crippen LogP contribution in [0.15, 0.2) is 48.5 Å². The summed E-state index contributed by atoms with van der Waals surface area (Å²) < 4.78 is 5.63. The van der Waals surface area contributed by atoms with Crippen molar-refractivity contribution in [3.05, 3.63) is 64.7 Å². The predicted molar refractivity (Wildman–Crippen MR) is 95.2 cm³/mol. The zero-order valence-corrected chi connectivity index (χ0v) is 14.4. The van der Waals surface area contributed by atoms with Gasteiger partial charge in [0.15, 0.2) is 0 Å². The highest BCUT2D eigenvalue weighted by molar-refractivity contribution is 6.30. The number of hydrogen-bond donors (Lipinski definition) is 1. The van der Waals surface area contributed by atoms with Crippen molar-refractivity contribution in [3.8, 4) is 5.75 Å². The number of hydrogen-bond acceptors (Lipinski definition) is 3. The van der Waals surface area contributed by atoms with Crippen LogP contribution in [0.5, 0.6) is 5.75 Å². The first kappa shape index (κ1) is 16.8. The normalized spacial score (nSPS) is 16.4. The van der Waals surface area contributed by atoms with Gasteiger partial charge < -0.3 is 10.1 Å². The van der Waals surface area contributed by atoms with Gasteiger partial charge in [-0.2, -0.15) is 0 Å². The lowest BCUT2D eigenvalue weighted by molar-refractivity contribution is -0.123. The van der Waals surface area contributed by atoms with Gasteiger partial charge in [-0.25, -0.2) is 0 Å². The molecule has 1 atom stereocenters. The van der Waals surface area contributed by atoms with Crippen LogP contribution in [-0.4, -0.2) is 31.0 Å². The zero-order valence-electron chi connectivity index (χ0n) is 13.7. The van der Waals surface area contributed by atoms with Gasteiger partial charge in [-0.3, -0.25) is 9.69 Å². The number of carbonyl (C=O) groups is 1. The average Bonchev–Trinajstić information content (AvgIpc) is 2.55. The summed E-state index contributed by atoms with van der Waals surface area (Å²) >= 11 is 6.00. The minimum absolute atomic E-state index is 0.0150. The monoisotopic (exact) mass is 344 g/mol. The molecular formula is C19H21ClN2O2. The molecule has 126 valence electrons. The molecule has 2 aromatic carbocycles. The largest absolute Gasteiger partial charge is 0.493 e. The molecule has 1 N–H and O–H groups in total. The maximum Gasteiger partial charge on any atom is 0.234 e. The highest BCUT2D eigenvalue weighted by Crippen LogP contribution is 2.31. The fourth-order valence-corrected chi connectivity index (χ4v) is 3.19. The number of likely N-dealkylation sites (N-methyl/N-ethyl adjacent to an activating group) is 1. The first-order chi connectivity index (χ1) is 11.6. The van der Waals surface area contributed by atoms with E-state index < -0.39 is 0 Å². The van der Waals surface area contributed by atoms with E-state index in [9.17, 15) is 4.79 Å². The molecule has 4 nitrogen and oxygen atoms in total. The second kappa shape index (κ2) is 7.69. The van der Waals surface area contributed by atoms with Crippen LogP contribution in [-0.2, 0) is 11.3 Å². The molecule has 3 rings (SSSR count). The van der Waals surface area contributed by atoms with E-state index in [1.807, 2.05) is 60.5 Å². The van der Waals surface area contributed by atoms with E-state index in [4.69, 9.17) is 16.3 Å². The SMILES string of the molecule is CN(CC(=O)N[C@H]1CCOc2ccccc21)Cc1cccc(Cl)c1. The lowest BCUT2D eigenvalue weighted by Gasteiger charge is -2.27. The number of fused-ring (bicyclic) bond motifs is 1. The maximum absolute atomic E-state index is 12.4. The van der Waals surface area contributed by atoms with E-state index in [-0.39, 0.29) is 11.9 Å². The van der Waals surface area contributed by atoms with Crippen LogP contribution in [0, 0.1) is 0 Å². The fourth-order valence-electron chi connectivity index (χ4n) is 2.98. The van der Waals surface area contributed by atoms with Crippen LogP contribution in [0.1, 0.15) is 23.6 Å². The standard InChI is InChI=1S/C19H21ClN2O2/c1-22(12-14-5-4-6-15(20)11-14)13-19(23)21-17-9-10-24-18-8-3-2-7-16(17)18/h2-8,11,17H,9-10,12-13H2,1H3,(H,21,23)/t17-/m0/s1. The summed E-state index contributed by atoms with van der Waals surface area (Å²) in [6.07, 6.45) is 0.792. The molecule has 0 spiro atoms. The quantitative estimate of drug-likeness (QED) is 0.903. The molecule has 1 aliphatic heterocycles. The van der Waals surface area contributed by atoms with E-state index in [1.165, 1.54) is 0 Å². The molecule has 0 bridgehead atoms. The number of carbonyl (C=O) groups excluding carboxylic acids is 1. The van der Waals surface area contributed by atoms with E-state index in [0.717, 1.165) is 23.3 Å². The van der Waals surface area contributed by atoms with Crippen molar-refractivity contribution in [1.82, 2.24) is 10.2 Å². The zero-order chi connectivity index (χ0) is 16.9. The van der Waals surface area contributed by atoms with Crippen LogP contribution >= 0.6 is 11.6 Å². The third-order valence-electron chi connectivity index (χ3n) is 4.05. The molecule has 1 heterocycles. The van der Waals surface area contributed by atoms with Gasteiger partial charge in [-0.1, -0.05) is 41.9 Å². The van der Waals surface area contributed by atoms with E-state index in [2.05, 4.69) is 5.32 Å². The molecule has 0 fully saturated rings. The van der Waals surface area contributed by atoms with Crippen LogP contribution in [0.4, 0.5) is 0 Å². The van der Waals surface area contributed by atoms with Crippen molar-refractivity contribution in [3.63, 3.8) is 0 Å². The molecule has 5 heteroatoms.